The fourth-order valence-electron chi connectivity index (χ4n) is 2.91. The SMILES string of the molecule is Cc1cc(C)c(CCc2nnc(C(C)C)cc2C)c(C)c1. The molecule has 2 heteroatoms. The molecule has 2 rings (SSSR count). The van der Waals surface area contributed by atoms with Gasteiger partial charge in [-0.15, -0.1) is 0 Å². The van der Waals surface area contributed by atoms with E-state index in [1.807, 2.05) is 0 Å². The molecule has 0 bridgehead atoms. The van der Waals surface area contributed by atoms with Crippen molar-refractivity contribution in [3.8, 4) is 0 Å². The van der Waals surface area contributed by atoms with Crippen LogP contribution in [0.15, 0.2) is 18.2 Å². The lowest BCUT2D eigenvalue weighted by Crippen LogP contribution is -2.05. The van der Waals surface area contributed by atoms with Crippen LogP contribution in [0.4, 0.5) is 0 Å². The minimum atomic E-state index is 0.437. The molecule has 0 aliphatic rings. The fourth-order valence-corrected chi connectivity index (χ4v) is 2.91. The predicted octanol–water partition coefficient (Wildman–Crippen LogP) is 4.62. The standard InChI is InChI=1S/C19H26N2/c1-12(2)19-11-16(6)18(20-21-19)8-7-17-14(4)9-13(3)10-15(17)5/h9-12H,7-8H2,1-6H3. The molecular weight excluding hydrogens is 256 g/mol. The normalized spacial score (nSPS) is 11.2. The van der Waals surface area contributed by atoms with E-state index in [1.165, 1.54) is 27.8 Å². The van der Waals surface area contributed by atoms with E-state index >= 15 is 0 Å². The maximum atomic E-state index is 4.44. The quantitative estimate of drug-likeness (QED) is 0.817. The van der Waals surface area contributed by atoms with Crippen molar-refractivity contribution in [1.82, 2.24) is 10.2 Å². The van der Waals surface area contributed by atoms with Crippen LogP contribution in [0.5, 0.6) is 0 Å². The van der Waals surface area contributed by atoms with Crippen LogP contribution in [0.2, 0.25) is 0 Å². The van der Waals surface area contributed by atoms with Gasteiger partial charge in [0.05, 0.1) is 11.4 Å². The van der Waals surface area contributed by atoms with E-state index in [0.717, 1.165) is 24.2 Å². The van der Waals surface area contributed by atoms with Crippen molar-refractivity contribution in [3.05, 3.63) is 57.4 Å². The van der Waals surface area contributed by atoms with Gasteiger partial charge < -0.3 is 0 Å². The Morgan fingerprint density at radius 2 is 1.43 bits per heavy atom. The van der Waals surface area contributed by atoms with Crippen LogP contribution in [0.25, 0.3) is 0 Å². The van der Waals surface area contributed by atoms with Crippen LogP contribution in [0.1, 0.15) is 59.0 Å². The molecule has 0 fully saturated rings. The first kappa shape index (κ1) is 15.7. The summed E-state index contributed by atoms with van der Waals surface area (Å²) in [5.41, 5.74) is 9.03. The van der Waals surface area contributed by atoms with E-state index in [-0.39, 0.29) is 0 Å². The van der Waals surface area contributed by atoms with Crippen LogP contribution in [0, 0.1) is 27.7 Å². The fraction of sp³-hybridized carbons (Fsp3) is 0.474. The summed E-state index contributed by atoms with van der Waals surface area (Å²) in [5.74, 6) is 0.437. The Hall–Kier alpha value is -1.70. The minimum Gasteiger partial charge on any atom is -0.155 e. The molecule has 0 amide bonds. The summed E-state index contributed by atoms with van der Waals surface area (Å²) in [6, 6.07) is 6.72. The second-order valence-corrected chi connectivity index (χ2v) is 6.43. The van der Waals surface area contributed by atoms with Crippen LogP contribution in [0.3, 0.4) is 0 Å². The zero-order chi connectivity index (χ0) is 15.6. The third-order valence-electron chi connectivity index (χ3n) is 4.15. The Balaban J connectivity index is 2.17. The van der Waals surface area contributed by atoms with E-state index in [4.69, 9.17) is 0 Å². The molecule has 0 saturated heterocycles. The molecule has 2 aromatic rings. The summed E-state index contributed by atoms with van der Waals surface area (Å²) >= 11 is 0. The van der Waals surface area contributed by atoms with Gasteiger partial charge >= 0.3 is 0 Å². The van der Waals surface area contributed by atoms with Gasteiger partial charge in [0, 0.05) is 0 Å². The number of hydrogen-bond donors (Lipinski definition) is 0. The number of nitrogens with zero attached hydrogens (tertiary/aromatic N) is 2. The van der Waals surface area contributed by atoms with Gasteiger partial charge in [-0.3, -0.25) is 0 Å². The van der Waals surface area contributed by atoms with E-state index in [9.17, 15) is 0 Å². The zero-order valence-electron chi connectivity index (χ0n) is 14.1. The van der Waals surface area contributed by atoms with Gasteiger partial charge in [0.25, 0.3) is 0 Å². The average molecular weight is 282 g/mol. The second kappa shape index (κ2) is 6.38. The lowest BCUT2D eigenvalue weighted by molar-refractivity contribution is 0.751. The molecule has 21 heavy (non-hydrogen) atoms. The maximum Gasteiger partial charge on any atom is 0.0663 e. The Morgan fingerprint density at radius 3 is 1.95 bits per heavy atom. The third-order valence-corrected chi connectivity index (χ3v) is 4.15. The highest BCUT2D eigenvalue weighted by atomic mass is 15.1. The molecule has 0 aliphatic heterocycles. The van der Waals surface area contributed by atoms with Crippen molar-refractivity contribution < 1.29 is 0 Å². The van der Waals surface area contributed by atoms with E-state index in [2.05, 4.69) is 69.9 Å². The number of rotatable bonds is 4. The predicted molar refractivity (Wildman–Crippen MR) is 88.9 cm³/mol. The van der Waals surface area contributed by atoms with Crippen LogP contribution in [-0.4, -0.2) is 10.2 Å². The molecule has 0 N–H and O–H groups in total. The van der Waals surface area contributed by atoms with Crippen molar-refractivity contribution in [1.29, 1.82) is 0 Å². The second-order valence-electron chi connectivity index (χ2n) is 6.43. The zero-order valence-corrected chi connectivity index (χ0v) is 14.1. The monoisotopic (exact) mass is 282 g/mol. The summed E-state index contributed by atoms with van der Waals surface area (Å²) < 4.78 is 0. The molecule has 1 aromatic heterocycles. The number of aromatic nitrogens is 2. The summed E-state index contributed by atoms with van der Waals surface area (Å²) in [5, 5.41) is 8.80. The first-order valence-corrected chi connectivity index (χ1v) is 7.78. The van der Waals surface area contributed by atoms with Gasteiger partial charge in [-0.05, 0) is 74.8 Å². The van der Waals surface area contributed by atoms with Gasteiger partial charge in [0.15, 0.2) is 0 Å². The molecular formula is C19H26N2. The van der Waals surface area contributed by atoms with Gasteiger partial charge in [-0.25, -0.2) is 0 Å². The highest BCUT2D eigenvalue weighted by Gasteiger charge is 2.09. The summed E-state index contributed by atoms with van der Waals surface area (Å²) in [6.07, 6.45) is 2.00. The van der Waals surface area contributed by atoms with Crippen molar-refractivity contribution >= 4 is 0 Å². The summed E-state index contributed by atoms with van der Waals surface area (Å²) in [6.45, 7) is 13.0. The Morgan fingerprint density at radius 1 is 0.810 bits per heavy atom. The molecule has 1 heterocycles. The smallest absolute Gasteiger partial charge is 0.0663 e. The molecule has 0 spiro atoms. The average Bonchev–Trinajstić information content (AvgIpc) is 2.38. The largest absolute Gasteiger partial charge is 0.155 e. The van der Waals surface area contributed by atoms with Gasteiger partial charge in [0.2, 0.25) is 0 Å². The topological polar surface area (TPSA) is 25.8 Å². The molecule has 2 nitrogen and oxygen atoms in total. The van der Waals surface area contributed by atoms with Gasteiger partial charge in [-0.1, -0.05) is 31.5 Å². The van der Waals surface area contributed by atoms with E-state index in [0.29, 0.717) is 5.92 Å². The first-order valence-electron chi connectivity index (χ1n) is 7.78. The van der Waals surface area contributed by atoms with Crippen LogP contribution >= 0.6 is 0 Å². The molecule has 112 valence electrons. The Labute approximate surface area is 128 Å². The molecule has 1 aromatic carbocycles. The van der Waals surface area contributed by atoms with Gasteiger partial charge in [0.1, 0.15) is 0 Å². The molecule has 0 saturated carbocycles. The van der Waals surface area contributed by atoms with Crippen molar-refractivity contribution in [2.75, 3.05) is 0 Å². The van der Waals surface area contributed by atoms with Crippen LogP contribution in [-0.2, 0) is 12.8 Å². The van der Waals surface area contributed by atoms with Gasteiger partial charge in [-0.2, -0.15) is 10.2 Å². The number of benzene rings is 1. The van der Waals surface area contributed by atoms with E-state index in [1.54, 1.807) is 0 Å². The number of aryl methyl sites for hydroxylation is 5. The van der Waals surface area contributed by atoms with Crippen LogP contribution < -0.4 is 0 Å². The Kier molecular flexibility index (Phi) is 4.76. The lowest BCUT2D eigenvalue weighted by Gasteiger charge is -2.12. The number of hydrogen-bond acceptors (Lipinski definition) is 2. The maximum absolute atomic E-state index is 4.44. The molecule has 0 radical (unpaired) electrons. The summed E-state index contributed by atoms with van der Waals surface area (Å²) in [4.78, 5) is 0. The highest BCUT2D eigenvalue weighted by Crippen LogP contribution is 2.20. The lowest BCUT2D eigenvalue weighted by atomic mass is 9.95. The van der Waals surface area contributed by atoms with Crippen molar-refractivity contribution in [3.63, 3.8) is 0 Å². The highest BCUT2D eigenvalue weighted by molar-refractivity contribution is 5.38. The minimum absolute atomic E-state index is 0.437. The molecule has 0 atom stereocenters. The molecule has 0 aliphatic carbocycles. The van der Waals surface area contributed by atoms with Crippen molar-refractivity contribution in [2.24, 2.45) is 0 Å². The summed E-state index contributed by atoms with van der Waals surface area (Å²) in [7, 11) is 0. The Bertz CT molecular complexity index is 619. The van der Waals surface area contributed by atoms with Crippen molar-refractivity contribution in [2.45, 2.75) is 60.3 Å². The molecule has 0 unspecified atom stereocenters. The van der Waals surface area contributed by atoms with E-state index < -0.39 is 0 Å². The first-order chi connectivity index (χ1) is 9.88. The third kappa shape index (κ3) is 3.69.